The van der Waals surface area contributed by atoms with Gasteiger partial charge in [-0.3, -0.25) is 9.79 Å². The molecule has 1 aromatic carbocycles. The van der Waals surface area contributed by atoms with Gasteiger partial charge < -0.3 is 16.0 Å². The molecule has 0 aliphatic heterocycles. The van der Waals surface area contributed by atoms with Crippen molar-refractivity contribution in [1.82, 2.24) is 16.0 Å². The molecule has 1 aromatic rings. The Morgan fingerprint density at radius 2 is 1.85 bits per heavy atom. The van der Waals surface area contributed by atoms with Crippen LogP contribution in [0.15, 0.2) is 29.3 Å². The van der Waals surface area contributed by atoms with Crippen LogP contribution < -0.4 is 16.0 Å². The summed E-state index contributed by atoms with van der Waals surface area (Å²) in [7, 11) is 0. The summed E-state index contributed by atoms with van der Waals surface area (Å²) in [5.74, 6) is 1.26. The van der Waals surface area contributed by atoms with Crippen LogP contribution in [-0.2, 0) is 10.2 Å². The first-order chi connectivity index (χ1) is 12.6. The molecule has 26 heavy (non-hydrogen) atoms. The second-order valence-corrected chi connectivity index (χ2v) is 7.76. The molecule has 5 nitrogen and oxygen atoms in total. The van der Waals surface area contributed by atoms with Crippen LogP contribution in [0, 0.1) is 5.92 Å². The topological polar surface area (TPSA) is 65.5 Å². The van der Waals surface area contributed by atoms with Crippen molar-refractivity contribution in [2.75, 3.05) is 26.2 Å². The predicted octanol–water partition coefficient (Wildman–Crippen LogP) is 2.84. The van der Waals surface area contributed by atoms with Gasteiger partial charge in [-0.05, 0) is 50.3 Å². The number of benzene rings is 1. The van der Waals surface area contributed by atoms with Gasteiger partial charge in [0.1, 0.15) is 0 Å². The molecule has 0 bridgehead atoms. The van der Waals surface area contributed by atoms with Gasteiger partial charge in [0.2, 0.25) is 5.91 Å². The SMILES string of the molecule is CCNC(=NCC1(c2ccc(Cl)cc2)CCC1)NCCNC(=O)C1CC1. The highest BCUT2D eigenvalue weighted by molar-refractivity contribution is 6.30. The van der Waals surface area contributed by atoms with E-state index >= 15 is 0 Å². The summed E-state index contributed by atoms with van der Waals surface area (Å²) in [5.41, 5.74) is 1.46. The largest absolute Gasteiger partial charge is 0.357 e. The number of nitrogens with one attached hydrogen (secondary N) is 3. The smallest absolute Gasteiger partial charge is 0.223 e. The van der Waals surface area contributed by atoms with E-state index in [-0.39, 0.29) is 17.2 Å². The van der Waals surface area contributed by atoms with Gasteiger partial charge in [0.05, 0.1) is 6.54 Å². The maximum atomic E-state index is 11.7. The number of guanidine groups is 1. The number of carbonyl (C=O) groups excluding carboxylic acids is 1. The summed E-state index contributed by atoms with van der Waals surface area (Å²) in [6.07, 6.45) is 5.64. The van der Waals surface area contributed by atoms with Crippen LogP contribution in [-0.4, -0.2) is 38.0 Å². The number of hydrogen-bond donors (Lipinski definition) is 3. The van der Waals surface area contributed by atoms with E-state index < -0.39 is 0 Å². The van der Waals surface area contributed by atoms with Crippen LogP contribution in [0.3, 0.4) is 0 Å². The number of amides is 1. The average molecular weight is 377 g/mol. The number of halogens is 1. The zero-order chi connectivity index (χ0) is 18.4. The molecule has 2 saturated carbocycles. The van der Waals surface area contributed by atoms with Crippen LogP contribution in [0.2, 0.25) is 5.02 Å². The van der Waals surface area contributed by atoms with Crippen molar-refractivity contribution in [3.05, 3.63) is 34.9 Å². The lowest BCUT2D eigenvalue weighted by Crippen LogP contribution is -2.44. The Morgan fingerprint density at radius 1 is 1.15 bits per heavy atom. The number of carbonyl (C=O) groups is 1. The Kier molecular flexibility index (Phi) is 6.41. The second kappa shape index (κ2) is 8.76. The molecule has 0 unspecified atom stereocenters. The maximum Gasteiger partial charge on any atom is 0.223 e. The summed E-state index contributed by atoms with van der Waals surface area (Å²) < 4.78 is 0. The third-order valence-electron chi connectivity index (χ3n) is 5.32. The molecule has 0 heterocycles. The third kappa shape index (κ3) is 4.91. The lowest BCUT2D eigenvalue weighted by atomic mass is 9.64. The Balaban J connectivity index is 1.53. The molecule has 2 aliphatic carbocycles. The number of nitrogens with zero attached hydrogens (tertiary/aromatic N) is 1. The minimum Gasteiger partial charge on any atom is -0.357 e. The van der Waals surface area contributed by atoms with Gasteiger partial charge >= 0.3 is 0 Å². The predicted molar refractivity (Wildman–Crippen MR) is 107 cm³/mol. The van der Waals surface area contributed by atoms with Gasteiger partial charge in [0, 0.05) is 36.0 Å². The number of aliphatic imine (C=N–C) groups is 1. The molecule has 142 valence electrons. The van der Waals surface area contributed by atoms with E-state index in [9.17, 15) is 4.79 Å². The number of rotatable bonds is 8. The molecular formula is C20H29ClN4O. The van der Waals surface area contributed by atoms with Gasteiger partial charge in [-0.25, -0.2) is 0 Å². The molecule has 3 rings (SSSR count). The summed E-state index contributed by atoms with van der Waals surface area (Å²) in [6.45, 7) is 4.94. The van der Waals surface area contributed by atoms with Crippen LogP contribution in [0.5, 0.6) is 0 Å². The molecule has 1 amide bonds. The molecule has 6 heteroatoms. The molecule has 2 aliphatic rings. The molecule has 0 spiro atoms. The maximum absolute atomic E-state index is 11.7. The van der Waals surface area contributed by atoms with E-state index in [1.54, 1.807) is 0 Å². The van der Waals surface area contributed by atoms with E-state index in [4.69, 9.17) is 16.6 Å². The zero-order valence-corrected chi connectivity index (χ0v) is 16.2. The van der Waals surface area contributed by atoms with E-state index in [1.807, 2.05) is 12.1 Å². The second-order valence-electron chi connectivity index (χ2n) is 7.33. The monoisotopic (exact) mass is 376 g/mol. The van der Waals surface area contributed by atoms with Gasteiger partial charge in [-0.2, -0.15) is 0 Å². The van der Waals surface area contributed by atoms with Gasteiger partial charge in [-0.15, -0.1) is 0 Å². The van der Waals surface area contributed by atoms with Crippen molar-refractivity contribution < 1.29 is 4.79 Å². The minimum atomic E-state index is 0.132. The van der Waals surface area contributed by atoms with Gasteiger partial charge in [0.25, 0.3) is 0 Å². The van der Waals surface area contributed by atoms with Crippen molar-refractivity contribution >= 4 is 23.5 Å². The van der Waals surface area contributed by atoms with Crippen LogP contribution in [0.1, 0.15) is 44.6 Å². The van der Waals surface area contributed by atoms with Crippen molar-refractivity contribution in [2.45, 2.75) is 44.4 Å². The van der Waals surface area contributed by atoms with E-state index in [2.05, 4.69) is 35.0 Å². The Hall–Kier alpha value is -1.75. The first kappa shape index (κ1) is 19.0. The highest BCUT2D eigenvalue weighted by Gasteiger charge is 2.38. The third-order valence-corrected chi connectivity index (χ3v) is 5.57. The standard InChI is InChI=1S/C20H29ClN4O/c1-2-22-19(24-13-12-23-18(26)15-4-5-15)25-14-20(10-3-11-20)16-6-8-17(21)9-7-16/h6-9,15H,2-5,10-14H2,1H3,(H,23,26)(H2,22,24,25). The van der Waals surface area contributed by atoms with Crippen molar-refractivity contribution in [3.8, 4) is 0 Å². The van der Waals surface area contributed by atoms with Crippen LogP contribution in [0.4, 0.5) is 0 Å². The Morgan fingerprint density at radius 3 is 2.42 bits per heavy atom. The van der Waals surface area contributed by atoms with E-state index in [0.717, 1.165) is 49.8 Å². The minimum absolute atomic E-state index is 0.132. The lowest BCUT2D eigenvalue weighted by molar-refractivity contribution is -0.122. The number of hydrogen-bond acceptors (Lipinski definition) is 2. The highest BCUT2D eigenvalue weighted by atomic mass is 35.5. The zero-order valence-electron chi connectivity index (χ0n) is 15.5. The normalized spacial score (nSPS) is 18.8. The molecular weight excluding hydrogens is 348 g/mol. The summed E-state index contributed by atoms with van der Waals surface area (Å²) in [4.78, 5) is 16.5. The highest BCUT2D eigenvalue weighted by Crippen LogP contribution is 2.44. The summed E-state index contributed by atoms with van der Waals surface area (Å²) in [5, 5.41) is 10.4. The van der Waals surface area contributed by atoms with Crippen molar-refractivity contribution in [1.29, 1.82) is 0 Å². The lowest BCUT2D eigenvalue weighted by Gasteiger charge is -2.41. The van der Waals surface area contributed by atoms with Gasteiger partial charge in [-0.1, -0.05) is 30.2 Å². The van der Waals surface area contributed by atoms with Crippen molar-refractivity contribution in [2.24, 2.45) is 10.9 Å². The Labute approximate surface area is 161 Å². The fourth-order valence-electron chi connectivity index (χ4n) is 3.37. The molecule has 0 radical (unpaired) electrons. The van der Waals surface area contributed by atoms with Crippen LogP contribution >= 0.6 is 11.6 Å². The quantitative estimate of drug-likeness (QED) is 0.371. The van der Waals surface area contributed by atoms with Crippen LogP contribution in [0.25, 0.3) is 0 Å². The Bertz CT molecular complexity index is 636. The summed E-state index contributed by atoms with van der Waals surface area (Å²) >= 11 is 6.03. The molecule has 0 saturated heterocycles. The van der Waals surface area contributed by atoms with E-state index in [0.29, 0.717) is 13.1 Å². The molecule has 3 N–H and O–H groups in total. The first-order valence-electron chi connectivity index (χ1n) is 9.69. The average Bonchev–Trinajstić information content (AvgIpc) is 3.44. The molecule has 0 aromatic heterocycles. The van der Waals surface area contributed by atoms with E-state index in [1.165, 1.54) is 12.0 Å². The molecule has 0 atom stereocenters. The molecule has 2 fully saturated rings. The van der Waals surface area contributed by atoms with Crippen molar-refractivity contribution in [3.63, 3.8) is 0 Å². The fraction of sp³-hybridized carbons (Fsp3) is 0.600. The summed E-state index contributed by atoms with van der Waals surface area (Å²) in [6, 6.07) is 8.19. The fourth-order valence-corrected chi connectivity index (χ4v) is 3.50. The van der Waals surface area contributed by atoms with Gasteiger partial charge in [0.15, 0.2) is 5.96 Å². The first-order valence-corrected chi connectivity index (χ1v) is 10.1.